The normalized spacial score (nSPS) is 23.8. The van der Waals surface area contributed by atoms with Crippen LogP contribution in [-0.2, 0) is 27.5 Å². The maximum atomic E-state index is 13.2. The highest BCUT2D eigenvalue weighted by atomic mass is 28.4. The van der Waals surface area contributed by atoms with Crippen LogP contribution in [0, 0.1) is 12.3 Å². The van der Waals surface area contributed by atoms with Crippen LogP contribution in [0.1, 0.15) is 92.9 Å². The van der Waals surface area contributed by atoms with Crippen molar-refractivity contribution in [1.82, 2.24) is 0 Å². The summed E-state index contributed by atoms with van der Waals surface area (Å²) in [5, 5.41) is -0.0740. The Bertz CT molecular complexity index is 1210. The largest absolute Gasteiger partial charge is 0.456 e. The molecule has 268 valence electrons. The highest BCUT2D eigenvalue weighted by Gasteiger charge is 2.50. The van der Waals surface area contributed by atoms with Crippen LogP contribution in [-0.4, -0.2) is 73.8 Å². The van der Waals surface area contributed by atoms with E-state index in [0.717, 1.165) is 0 Å². The number of benzene rings is 1. The van der Waals surface area contributed by atoms with Crippen molar-refractivity contribution in [3.05, 3.63) is 35.9 Å². The van der Waals surface area contributed by atoms with Crippen molar-refractivity contribution in [3.8, 4) is 12.3 Å². The molecule has 1 saturated heterocycles. The van der Waals surface area contributed by atoms with Gasteiger partial charge in [-0.2, -0.15) is 0 Å². The standard InChI is InChI=1S/C37H66O7Si3/c1-19-29(42-45(13,14)35(4,5)6)32(26(2)40-34(38)28-23-21-20-22-24-28)41-31-25-30(43-46(15,16)36(7,8)9)33(27(3)39-31)44-47(17,18)37(10,11)12/h1,20-24,26-27,29-33H,25H2,2-18H3/t26-,27-,29+,30+,31+,32-,33-/m1/s1. The van der Waals surface area contributed by atoms with Crippen LogP contribution in [0.15, 0.2) is 30.3 Å². The van der Waals surface area contributed by atoms with Gasteiger partial charge in [-0.15, -0.1) is 6.42 Å². The second-order valence-corrected chi connectivity index (χ2v) is 32.1. The van der Waals surface area contributed by atoms with Gasteiger partial charge in [-0.05, 0) is 80.4 Å². The fraction of sp³-hybridized carbons (Fsp3) is 0.757. The number of carbonyl (C=O) groups excluding carboxylic acids is 1. The highest BCUT2D eigenvalue weighted by molar-refractivity contribution is 6.75. The Morgan fingerprint density at radius 3 is 1.81 bits per heavy atom. The molecular weight excluding hydrogens is 641 g/mol. The third-order valence-corrected chi connectivity index (χ3v) is 24.3. The number of hydrogen-bond acceptors (Lipinski definition) is 7. The van der Waals surface area contributed by atoms with E-state index in [1.54, 1.807) is 12.1 Å². The van der Waals surface area contributed by atoms with E-state index in [-0.39, 0.29) is 33.4 Å². The zero-order chi connectivity index (χ0) is 36.4. The van der Waals surface area contributed by atoms with E-state index in [9.17, 15) is 4.79 Å². The molecule has 1 aliphatic rings. The molecule has 0 aromatic heterocycles. The Labute approximate surface area is 290 Å². The molecule has 0 unspecified atom stereocenters. The number of carbonyl (C=O) groups is 1. The summed E-state index contributed by atoms with van der Waals surface area (Å²) in [6, 6.07) is 8.93. The molecule has 0 radical (unpaired) electrons. The van der Waals surface area contributed by atoms with E-state index < -0.39 is 55.5 Å². The molecule has 1 aromatic rings. The Balaban J connectivity index is 2.51. The van der Waals surface area contributed by atoms with Gasteiger partial charge in [0.15, 0.2) is 31.2 Å². The van der Waals surface area contributed by atoms with Gasteiger partial charge in [-0.3, -0.25) is 0 Å². The molecule has 0 spiro atoms. The number of ether oxygens (including phenoxy) is 3. The van der Waals surface area contributed by atoms with Crippen LogP contribution in [0.5, 0.6) is 0 Å². The third-order valence-electron chi connectivity index (χ3n) is 10.9. The van der Waals surface area contributed by atoms with Crippen LogP contribution in [0.3, 0.4) is 0 Å². The maximum absolute atomic E-state index is 13.2. The maximum Gasteiger partial charge on any atom is 0.338 e. The molecule has 7 nitrogen and oxygen atoms in total. The lowest BCUT2D eigenvalue weighted by Gasteiger charge is -2.50. The van der Waals surface area contributed by atoms with Crippen LogP contribution in [0.2, 0.25) is 54.4 Å². The molecule has 7 atom stereocenters. The summed E-state index contributed by atoms with van der Waals surface area (Å²) in [4.78, 5) is 13.2. The van der Waals surface area contributed by atoms with Crippen molar-refractivity contribution >= 4 is 30.9 Å². The average Bonchev–Trinajstić information content (AvgIpc) is 2.90. The Hall–Kier alpha value is -1.30. The zero-order valence-electron chi connectivity index (χ0n) is 32.6. The van der Waals surface area contributed by atoms with E-state index in [0.29, 0.717) is 12.0 Å². The smallest absolute Gasteiger partial charge is 0.338 e. The van der Waals surface area contributed by atoms with Gasteiger partial charge in [-0.1, -0.05) is 86.4 Å². The fourth-order valence-corrected chi connectivity index (χ4v) is 8.53. The minimum absolute atomic E-state index is 0.000675. The lowest BCUT2D eigenvalue weighted by atomic mass is 10.0. The molecule has 1 aliphatic heterocycles. The first-order valence-corrected chi connectivity index (χ1v) is 25.9. The Morgan fingerprint density at radius 2 is 1.34 bits per heavy atom. The number of hydrogen-bond donors (Lipinski definition) is 0. The molecule has 0 N–H and O–H groups in total. The predicted octanol–water partition coefficient (Wildman–Crippen LogP) is 9.56. The van der Waals surface area contributed by atoms with Crippen molar-refractivity contribution in [1.29, 1.82) is 0 Å². The summed E-state index contributed by atoms with van der Waals surface area (Å²) in [6.07, 6.45) is 2.83. The van der Waals surface area contributed by atoms with Crippen LogP contribution in [0.4, 0.5) is 0 Å². The van der Waals surface area contributed by atoms with Crippen LogP contribution >= 0.6 is 0 Å². The minimum Gasteiger partial charge on any atom is -0.456 e. The van der Waals surface area contributed by atoms with Crippen molar-refractivity contribution in [2.75, 3.05) is 0 Å². The predicted molar refractivity (Wildman–Crippen MR) is 200 cm³/mol. The first-order valence-electron chi connectivity index (χ1n) is 17.2. The molecule has 1 aromatic carbocycles. The molecule has 0 saturated carbocycles. The van der Waals surface area contributed by atoms with Gasteiger partial charge in [0.2, 0.25) is 0 Å². The topological polar surface area (TPSA) is 72.5 Å². The highest BCUT2D eigenvalue weighted by Crippen LogP contribution is 2.44. The molecule has 1 fully saturated rings. The van der Waals surface area contributed by atoms with Gasteiger partial charge in [-0.25, -0.2) is 4.79 Å². The molecular formula is C37H66O7Si3. The van der Waals surface area contributed by atoms with Gasteiger partial charge in [0.05, 0.1) is 23.9 Å². The van der Waals surface area contributed by atoms with Gasteiger partial charge < -0.3 is 27.5 Å². The molecule has 0 aliphatic carbocycles. The van der Waals surface area contributed by atoms with E-state index in [4.69, 9.17) is 33.9 Å². The summed E-state index contributed by atoms with van der Waals surface area (Å²) in [5.74, 6) is 2.40. The SMILES string of the molecule is C#C[C@H](O[Si](C)(C)C(C)(C)C)[C@H](O[C@H]1C[C@H](O[Si](C)(C)C(C)(C)C)[C@H](O[Si](C)(C)C(C)(C)C)[C@@H](C)O1)[C@@H](C)OC(=O)c1ccccc1. The van der Waals surface area contributed by atoms with Crippen molar-refractivity contribution in [2.45, 2.75) is 180 Å². The third kappa shape index (κ3) is 10.8. The number of terminal acetylenes is 1. The summed E-state index contributed by atoms with van der Waals surface area (Å²) in [5.41, 5.74) is 0.455. The van der Waals surface area contributed by atoms with E-state index in [1.165, 1.54) is 0 Å². The summed E-state index contributed by atoms with van der Waals surface area (Å²) < 4.78 is 40.3. The quantitative estimate of drug-likeness (QED) is 0.122. The van der Waals surface area contributed by atoms with E-state index >= 15 is 0 Å². The second-order valence-electron chi connectivity index (χ2n) is 17.8. The zero-order valence-corrected chi connectivity index (χ0v) is 35.6. The monoisotopic (exact) mass is 706 g/mol. The first kappa shape index (κ1) is 41.9. The summed E-state index contributed by atoms with van der Waals surface area (Å²) in [7, 11) is -6.73. The van der Waals surface area contributed by atoms with Gasteiger partial charge >= 0.3 is 5.97 Å². The van der Waals surface area contributed by atoms with Gasteiger partial charge in [0.1, 0.15) is 18.3 Å². The molecule has 47 heavy (non-hydrogen) atoms. The molecule has 10 heteroatoms. The molecule has 1 heterocycles. The number of rotatable bonds is 12. The van der Waals surface area contributed by atoms with Crippen LogP contribution < -0.4 is 0 Å². The molecule has 0 bridgehead atoms. The first-order chi connectivity index (χ1) is 21.1. The van der Waals surface area contributed by atoms with E-state index in [1.807, 2.05) is 32.0 Å². The second kappa shape index (κ2) is 15.3. The average molecular weight is 707 g/mol. The summed E-state index contributed by atoms with van der Waals surface area (Å²) >= 11 is 0. The van der Waals surface area contributed by atoms with E-state index in [2.05, 4.69) is 108 Å². The molecule has 2 rings (SSSR count). The van der Waals surface area contributed by atoms with Crippen molar-refractivity contribution in [3.63, 3.8) is 0 Å². The minimum atomic E-state index is -2.34. The van der Waals surface area contributed by atoms with Gasteiger partial charge in [0.25, 0.3) is 0 Å². The Morgan fingerprint density at radius 1 is 0.851 bits per heavy atom. The fourth-order valence-electron chi connectivity index (χ4n) is 4.62. The van der Waals surface area contributed by atoms with Crippen LogP contribution in [0.25, 0.3) is 0 Å². The van der Waals surface area contributed by atoms with Gasteiger partial charge in [0, 0.05) is 6.42 Å². The Kier molecular flexibility index (Phi) is 13.6. The van der Waals surface area contributed by atoms with Crippen molar-refractivity contribution in [2.24, 2.45) is 0 Å². The number of esters is 1. The summed E-state index contributed by atoms with van der Waals surface area (Å²) in [6.45, 7) is 37.2. The van der Waals surface area contributed by atoms with Crippen molar-refractivity contribution < 1.29 is 32.3 Å². The molecule has 0 amide bonds. The lowest BCUT2D eigenvalue weighted by Crippen LogP contribution is -2.60. The lowest BCUT2D eigenvalue weighted by molar-refractivity contribution is -0.269.